The molecule has 1 aromatic heterocycles. The number of halogens is 1. The van der Waals surface area contributed by atoms with E-state index >= 15 is 0 Å². The van der Waals surface area contributed by atoms with Crippen LogP contribution in [0.2, 0.25) is 0 Å². The van der Waals surface area contributed by atoms with Crippen molar-refractivity contribution in [2.24, 2.45) is 0 Å². The lowest BCUT2D eigenvalue weighted by Gasteiger charge is -2.16. The molecule has 174 valence electrons. The zero-order valence-corrected chi connectivity index (χ0v) is 19.5. The Bertz CT molecular complexity index is 1250. The van der Waals surface area contributed by atoms with Crippen molar-refractivity contribution in [3.8, 4) is 17.2 Å². The minimum absolute atomic E-state index is 0.121. The van der Waals surface area contributed by atoms with Crippen molar-refractivity contribution in [1.82, 2.24) is 14.8 Å². The fraction of sp³-hybridized carbons (Fsp3) is 0.160. The molecule has 0 bridgehead atoms. The van der Waals surface area contributed by atoms with Crippen molar-refractivity contribution in [1.29, 1.82) is 0 Å². The van der Waals surface area contributed by atoms with E-state index in [0.29, 0.717) is 28.2 Å². The van der Waals surface area contributed by atoms with E-state index in [2.05, 4.69) is 15.5 Å². The van der Waals surface area contributed by atoms with Crippen molar-refractivity contribution < 1.29 is 18.7 Å². The fourth-order valence-corrected chi connectivity index (χ4v) is 4.05. The highest BCUT2D eigenvalue weighted by Gasteiger charge is 2.22. The van der Waals surface area contributed by atoms with E-state index in [1.165, 1.54) is 23.9 Å². The van der Waals surface area contributed by atoms with Gasteiger partial charge in [0.2, 0.25) is 5.91 Å². The van der Waals surface area contributed by atoms with Crippen molar-refractivity contribution in [2.75, 3.05) is 18.2 Å². The number of hydrogen-bond donors (Lipinski definition) is 1. The van der Waals surface area contributed by atoms with Gasteiger partial charge in [0.25, 0.3) is 0 Å². The summed E-state index contributed by atoms with van der Waals surface area (Å²) < 4.78 is 26.4. The summed E-state index contributed by atoms with van der Waals surface area (Å²) in [6.07, 6.45) is -0.477. The van der Waals surface area contributed by atoms with Crippen molar-refractivity contribution in [3.05, 3.63) is 90.5 Å². The number of aromatic nitrogens is 3. The van der Waals surface area contributed by atoms with Gasteiger partial charge in [-0.1, -0.05) is 42.1 Å². The van der Waals surface area contributed by atoms with Crippen LogP contribution in [0.15, 0.2) is 84.0 Å². The maximum Gasteiger partial charge on any atom is 0.234 e. The first kappa shape index (κ1) is 23.3. The normalized spacial score (nSPS) is 11.6. The molecule has 7 nitrogen and oxygen atoms in total. The molecule has 0 spiro atoms. The highest BCUT2D eigenvalue weighted by atomic mass is 32.2. The SMILES string of the molecule is COc1ccccc1NC(=O)CSc1nnc(C(C)Oc2ccc(F)cc2)n1-c1ccccc1. The second-order valence-electron chi connectivity index (χ2n) is 7.26. The molecule has 0 aliphatic carbocycles. The van der Waals surface area contributed by atoms with Crippen LogP contribution in [0.5, 0.6) is 11.5 Å². The van der Waals surface area contributed by atoms with E-state index in [9.17, 15) is 9.18 Å². The van der Waals surface area contributed by atoms with Crippen LogP contribution in [0.4, 0.5) is 10.1 Å². The molecule has 1 N–H and O–H groups in total. The molecule has 3 aromatic carbocycles. The van der Waals surface area contributed by atoms with Crippen LogP contribution in [0.3, 0.4) is 0 Å². The molecule has 1 amide bonds. The van der Waals surface area contributed by atoms with Gasteiger partial charge in [0.05, 0.1) is 18.6 Å². The topological polar surface area (TPSA) is 78.3 Å². The summed E-state index contributed by atoms with van der Waals surface area (Å²) in [6.45, 7) is 1.84. The Hall–Kier alpha value is -3.85. The lowest BCUT2D eigenvalue weighted by atomic mass is 10.3. The van der Waals surface area contributed by atoms with Crippen molar-refractivity contribution >= 4 is 23.4 Å². The van der Waals surface area contributed by atoms with Gasteiger partial charge in [0.1, 0.15) is 17.3 Å². The molecule has 4 aromatic rings. The van der Waals surface area contributed by atoms with Gasteiger partial charge in [-0.15, -0.1) is 10.2 Å². The van der Waals surface area contributed by atoms with E-state index in [1.54, 1.807) is 31.4 Å². The molecule has 1 atom stereocenters. The molecule has 0 saturated carbocycles. The molecule has 1 heterocycles. The average molecular weight is 479 g/mol. The molecule has 0 saturated heterocycles. The zero-order valence-electron chi connectivity index (χ0n) is 18.6. The number of amides is 1. The first-order chi connectivity index (χ1) is 16.5. The quantitative estimate of drug-likeness (QED) is 0.330. The highest BCUT2D eigenvalue weighted by molar-refractivity contribution is 7.99. The van der Waals surface area contributed by atoms with Gasteiger partial charge in [0, 0.05) is 5.69 Å². The molecule has 0 aliphatic heterocycles. The number of hydrogen-bond acceptors (Lipinski definition) is 6. The van der Waals surface area contributed by atoms with Crippen LogP contribution < -0.4 is 14.8 Å². The molecule has 4 rings (SSSR count). The van der Waals surface area contributed by atoms with Crippen LogP contribution in [-0.2, 0) is 4.79 Å². The Balaban J connectivity index is 1.53. The van der Waals surface area contributed by atoms with Crippen molar-refractivity contribution in [3.63, 3.8) is 0 Å². The van der Waals surface area contributed by atoms with E-state index in [1.807, 2.05) is 54.0 Å². The summed E-state index contributed by atoms with van der Waals surface area (Å²) in [5, 5.41) is 12.1. The second kappa shape index (κ2) is 10.8. The number of carbonyl (C=O) groups is 1. The smallest absolute Gasteiger partial charge is 0.234 e. The van der Waals surface area contributed by atoms with Crippen molar-refractivity contribution in [2.45, 2.75) is 18.2 Å². The zero-order chi connectivity index (χ0) is 23.9. The summed E-state index contributed by atoms with van der Waals surface area (Å²) in [5.74, 6) is 1.25. The molecule has 0 aliphatic rings. The van der Waals surface area contributed by atoms with Crippen LogP contribution in [0.25, 0.3) is 5.69 Å². The third-order valence-electron chi connectivity index (χ3n) is 4.88. The standard InChI is InChI=1S/C25H23FN4O3S/c1-17(33-20-14-12-18(26)13-15-20)24-28-29-25(30(24)19-8-4-3-5-9-19)34-16-23(31)27-21-10-6-7-11-22(21)32-2/h3-15,17H,16H2,1-2H3,(H,27,31). The molecule has 9 heteroatoms. The van der Waals surface area contributed by atoms with E-state index in [0.717, 1.165) is 5.69 Å². The number of anilines is 1. The molecular weight excluding hydrogens is 455 g/mol. The fourth-order valence-electron chi connectivity index (χ4n) is 3.29. The highest BCUT2D eigenvalue weighted by Crippen LogP contribution is 2.29. The molecule has 0 fully saturated rings. The third kappa shape index (κ3) is 5.55. The minimum Gasteiger partial charge on any atom is -0.495 e. The Labute approximate surface area is 200 Å². The number of ether oxygens (including phenoxy) is 2. The van der Waals surface area contributed by atoms with E-state index in [4.69, 9.17) is 9.47 Å². The molecule has 1 unspecified atom stereocenters. The number of methoxy groups -OCH3 is 1. The number of rotatable bonds is 9. The summed E-state index contributed by atoms with van der Waals surface area (Å²) in [4.78, 5) is 12.6. The maximum atomic E-state index is 13.2. The van der Waals surface area contributed by atoms with Gasteiger partial charge in [-0.25, -0.2) is 4.39 Å². The first-order valence-corrected chi connectivity index (χ1v) is 11.5. The van der Waals surface area contributed by atoms with E-state index in [-0.39, 0.29) is 17.5 Å². The van der Waals surface area contributed by atoms with Crippen LogP contribution in [0.1, 0.15) is 18.9 Å². The van der Waals surface area contributed by atoms with Crippen LogP contribution in [0, 0.1) is 5.82 Å². The predicted molar refractivity (Wildman–Crippen MR) is 129 cm³/mol. The van der Waals surface area contributed by atoms with Crippen LogP contribution >= 0.6 is 11.8 Å². The number of nitrogens with zero attached hydrogens (tertiary/aromatic N) is 3. The van der Waals surface area contributed by atoms with Gasteiger partial charge < -0.3 is 14.8 Å². The predicted octanol–water partition coefficient (Wildman–Crippen LogP) is 5.29. The Kier molecular flexibility index (Phi) is 7.44. The number of thioether (sulfide) groups is 1. The lowest BCUT2D eigenvalue weighted by Crippen LogP contribution is -2.15. The number of para-hydroxylation sites is 3. The van der Waals surface area contributed by atoms with Gasteiger partial charge in [-0.3, -0.25) is 9.36 Å². The summed E-state index contributed by atoms with van der Waals surface area (Å²) in [5.41, 5.74) is 1.44. The minimum atomic E-state index is -0.477. The number of carbonyl (C=O) groups excluding carboxylic acids is 1. The molecule has 34 heavy (non-hydrogen) atoms. The average Bonchev–Trinajstić information content (AvgIpc) is 3.29. The Morgan fingerprint density at radius 2 is 1.74 bits per heavy atom. The van der Waals surface area contributed by atoms with Gasteiger partial charge in [0.15, 0.2) is 17.1 Å². The van der Waals surface area contributed by atoms with E-state index < -0.39 is 6.10 Å². The third-order valence-corrected chi connectivity index (χ3v) is 5.81. The van der Waals surface area contributed by atoms with Gasteiger partial charge >= 0.3 is 0 Å². The molecular formula is C25H23FN4O3S. The lowest BCUT2D eigenvalue weighted by molar-refractivity contribution is -0.113. The monoisotopic (exact) mass is 478 g/mol. The molecule has 0 radical (unpaired) electrons. The Morgan fingerprint density at radius 1 is 1.03 bits per heavy atom. The van der Waals surface area contributed by atoms with Gasteiger partial charge in [-0.05, 0) is 55.5 Å². The van der Waals surface area contributed by atoms with Crippen LogP contribution in [-0.4, -0.2) is 33.5 Å². The summed E-state index contributed by atoms with van der Waals surface area (Å²) in [6, 6.07) is 22.6. The maximum absolute atomic E-state index is 13.2. The summed E-state index contributed by atoms with van der Waals surface area (Å²) >= 11 is 1.26. The first-order valence-electron chi connectivity index (χ1n) is 10.5. The second-order valence-corrected chi connectivity index (χ2v) is 8.21. The summed E-state index contributed by atoms with van der Waals surface area (Å²) in [7, 11) is 1.55. The Morgan fingerprint density at radius 3 is 2.47 bits per heavy atom. The number of nitrogens with one attached hydrogen (secondary N) is 1. The largest absolute Gasteiger partial charge is 0.495 e. The number of benzene rings is 3. The van der Waals surface area contributed by atoms with Gasteiger partial charge in [-0.2, -0.15) is 0 Å².